The van der Waals surface area contributed by atoms with Crippen molar-refractivity contribution >= 4 is 17.5 Å². The van der Waals surface area contributed by atoms with E-state index >= 15 is 0 Å². The highest BCUT2D eigenvalue weighted by Crippen LogP contribution is 2.06. The Hall–Kier alpha value is -1.16. The summed E-state index contributed by atoms with van der Waals surface area (Å²) in [4.78, 5) is 20.9. The first-order chi connectivity index (χ1) is 5.16. The van der Waals surface area contributed by atoms with Gasteiger partial charge in [0, 0.05) is 17.5 Å². The van der Waals surface area contributed by atoms with E-state index in [9.17, 15) is 9.70 Å². The summed E-state index contributed by atoms with van der Waals surface area (Å²) in [6, 6.07) is 2.88. The summed E-state index contributed by atoms with van der Waals surface area (Å²) < 4.78 is 0.858. The van der Waals surface area contributed by atoms with Gasteiger partial charge in [-0.25, -0.2) is 4.09 Å². The maximum atomic E-state index is 11.0. The lowest BCUT2D eigenvalue weighted by Crippen LogP contribution is -2.13. The summed E-state index contributed by atoms with van der Waals surface area (Å²) in [5, 5.41) is 2.50. The lowest BCUT2D eigenvalue weighted by atomic mass is 10.3. The summed E-state index contributed by atoms with van der Waals surface area (Å²) in [5.41, 5.74) is -0.184. The second-order valence-corrected chi connectivity index (χ2v) is 2.38. The van der Waals surface area contributed by atoms with Crippen LogP contribution in [0.1, 0.15) is 5.69 Å². The predicted octanol–water partition coefficient (Wildman–Crippen LogP) is 1.56. The molecule has 11 heavy (non-hydrogen) atoms. The molecular weight excluding hydrogens is 168 g/mol. The van der Waals surface area contributed by atoms with Gasteiger partial charge in [0.2, 0.25) is 0 Å². The van der Waals surface area contributed by atoms with Crippen molar-refractivity contribution in [3.8, 4) is 0 Å². The van der Waals surface area contributed by atoms with Gasteiger partial charge in [0.1, 0.15) is 0 Å². The van der Waals surface area contributed by atoms with Gasteiger partial charge >= 0.3 is 0 Å². The third-order valence-corrected chi connectivity index (χ3v) is 1.71. The molecular formula is C6H5ClN2O2. The Morgan fingerprint density at radius 2 is 2.18 bits per heavy atom. The minimum absolute atomic E-state index is 0.175. The zero-order valence-corrected chi connectivity index (χ0v) is 6.50. The van der Waals surface area contributed by atoms with Crippen LogP contribution in [0.25, 0.3) is 0 Å². The Labute approximate surface area is 67.5 Å². The molecule has 1 heterocycles. The molecule has 5 heteroatoms. The fourth-order valence-corrected chi connectivity index (χ4v) is 0.809. The largest absolute Gasteiger partial charge is 0.294 e. The molecule has 0 amide bonds. The van der Waals surface area contributed by atoms with Crippen LogP contribution in [0.3, 0.4) is 0 Å². The third-order valence-electron chi connectivity index (χ3n) is 1.29. The van der Waals surface area contributed by atoms with Crippen molar-refractivity contribution in [2.24, 2.45) is 5.18 Å². The van der Waals surface area contributed by atoms with Gasteiger partial charge in [-0.3, -0.25) is 4.79 Å². The minimum atomic E-state index is -0.582. The summed E-state index contributed by atoms with van der Waals surface area (Å²) in [6.07, 6.45) is 0. The van der Waals surface area contributed by atoms with Crippen molar-refractivity contribution in [2.45, 2.75) is 6.92 Å². The van der Waals surface area contributed by atoms with Gasteiger partial charge in [0.05, 0.1) is 0 Å². The van der Waals surface area contributed by atoms with Gasteiger partial charge in [-0.1, -0.05) is 0 Å². The average Bonchev–Trinajstić information content (AvgIpc) is 2.01. The smallest absolute Gasteiger partial charge is 0.265 e. The Morgan fingerprint density at radius 1 is 1.55 bits per heavy atom. The van der Waals surface area contributed by atoms with Gasteiger partial charge in [0.25, 0.3) is 5.56 Å². The van der Waals surface area contributed by atoms with E-state index in [1.54, 1.807) is 13.0 Å². The normalized spacial score (nSPS) is 9.64. The predicted molar refractivity (Wildman–Crippen MR) is 42.1 cm³/mol. The summed E-state index contributed by atoms with van der Waals surface area (Å²) >= 11 is 5.47. The number of nitroso groups, excluding NO2 is 1. The Kier molecular flexibility index (Phi) is 2.05. The molecule has 0 unspecified atom stereocenters. The first-order valence-corrected chi connectivity index (χ1v) is 3.23. The highest BCUT2D eigenvalue weighted by molar-refractivity contribution is 6.15. The van der Waals surface area contributed by atoms with Gasteiger partial charge in [-0.15, -0.1) is 4.91 Å². The van der Waals surface area contributed by atoms with Crippen LogP contribution < -0.4 is 5.56 Å². The number of aromatic nitrogens is 1. The molecule has 0 fully saturated rings. The van der Waals surface area contributed by atoms with E-state index in [-0.39, 0.29) is 5.69 Å². The van der Waals surface area contributed by atoms with E-state index in [4.69, 9.17) is 11.8 Å². The topological polar surface area (TPSA) is 51.4 Å². The minimum Gasteiger partial charge on any atom is -0.265 e. The van der Waals surface area contributed by atoms with Crippen molar-refractivity contribution < 1.29 is 0 Å². The zero-order chi connectivity index (χ0) is 8.43. The molecule has 0 atom stereocenters. The molecule has 0 N–H and O–H groups in total. The van der Waals surface area contributed by atoms with E-state index in [2.05, 4.69) is 5.18 Å². The first-order valence-electron chi connectivity index (χ1n) is 2.89. The quantitative estimate of drug-likeness (QED) is 0.604. The molecule has 0 aliphatic heterocycles. The van der Waals surface area contributed by atoms with E-state index < -0.39 is 5.56 Å². The Bertz CT molecular complexity index is 345. The molecule has 0 aliphatic rings. The fourth-order valence-electron chi connectivity index (χ4n) is 0.666. The molecule has 1 aromatic rings. The molecule has 1 aromatic heterocycles. The van der Waals surface area contributed by atoms with E-state index in [1.165, 1.54) is 6.07 Å². The maximum absolute atomic E-state index is 11.0. The number of pyridine rings is 1. The first kappa shape index (κ1) is 7.94. The van der Waals surface area contributed by atoms with Crippen molar-refractivity contribution in [2.75, 3.05) is 0 Å². The summed E-state index contributed by atoms with van der Waals surface area (Å²) in [5.74, 6) is 0. The second-order valence-electron chi connectivity index (χ2n) is 2.04. The van der Waals surface area contributed by atoms with Crippen LogP contribution in [0, 0.1) is 11.8 Å². The van der Waals surface area contributed by atoms with Crippen LogP contribution >= 0.6 is 11.8 Å². The summed E-state index contributed by atoms with van der Waals surface area (Å²) in [6.45, 7) is 1.66. The number of nitrogens with zero attached hydrogens (tertiary/aromatic N) is 2. The third kappa shape index (κ3) is 1.30. The SMILES string of the molecule is Cc1ccc(N=O)c(=O)n1Cl. The van der Waals surface area contributed by atoms with E-state index in [0.29, 0.717) is 5.69 Å². The van der Waals surface area contributed by atoms with Crippen molar-refractivity contribution in [1.82, 2.24) is 4.09 Å². The highest BCUT2D eigenvalue weighted by Gasteiger charge is 2.03. The van der Waals surface area contributed by atoms with Crippen LogP contribution in [0.4, 0.5) is 5.69 Å². The van der Waals surface area contributed by atoms with E-state index in [1.807, 2.05) is 0 Å². The van der Waals surface area contributed by atoms with Crippen molar-refractivity contribution in [1.29, 1.82) is 0 Å². The standard InChI is InChI=1S/C6H5ClN2O2/c1-4-2-3-5(8-11)6(10)9(4)7/h2-3H,1H3. The second kappa shape index (κ2) is 2.84. The highest BCUT2D eigenvalue weighted by atomic mass is 35.5. The van der Waals surface area contributed by atoms with Crippen LogP contribution in [0.2, 0.25) is 0 Å². The van der Waals surface area contributed by atoms with Crippen molar-refractivity contribution in [3.05, 3.63) is 33.1 Å². The maximum Gasteiger partial charge on any atom is 0.294 e. The molecule has 4 nitrogen and oxygen atoms in total. The number of halogens is 1. The molecule has 0 bridgehead atoms. The molecule has 0 saturated carbocycles. The fraction of sp³-hybridized carbons (Fsp3) is 0.167. The number of aryl methyl sites for hydroxylation is 1. The van der Waals surface area contributed by atoms with Gasteiger partial charge in [0.15, 0.2) is 5.69 Å². The van der Waals surface area contributed by atoms with Gasteiger partial charge in [-0.2, -0.15) is 0 Å². The number of hydrogen-bond acceptors (Lipinski definition) is 3. The molecule has 0 saturated heterocycles. The van der Waals surface area contributed by atoms with Gasteiger partial charge in [-0.05, 0) is 24.2 Å². The molecule has 0 spiro atoms. The zero-order valence-electron chi connectivity index (χ0n) is 5.74. The van der Waals surface area contributed by atoms with Crippen LogP contribution in [-0.4, -0.2) is 4.09 Å². The average molecular weight is 173 g/mol. The Morgan fingerprint density at radius 3 is 2.73 bits per heavy atom. The van der Waals surface area contributed by atoms with Crippen LogP contribution in [0.5, 0.6) is 0 Å². The molecule has 0 radical (unpaired) electrons. The number of hydrogen-bond donors (Lipinski definition) is 0. The summed E-state index contributed by atoms with van der Waals surface area (Å²) in [7, 11) is 0. The lowest BCUT2D eigenvalue weighted by molar-refractivity contribution is 1.05. The van der Waals surface area contributed by atoms with Crippen LogP contribution in [0.15, 0.2) is 22.1 Å². The molecule has 0 aliphatic carbocycles. The molecule has 1 rings (SSSR count). The number of rotatable bonds is 1. The van der Waals surface area contributed by atoms with Gasteiger partial charge < -0.3 is 0 Å². The molecule has 0 aromatic carbocycles. The van der Waals surface area contributed by atoms with Crippen LogP contribution in [-0.2, 0) is 0 Å². The molecule has 58 valence electrons. The Balaban J connectivity index is 3.49. The van der Waals surface area contributed by atoms with E-state index in [0.717, 1.165) is 4.09 Å². The lowest BCUT2D eigenvalue weighted by Gasteiger charge is -1.97. The monoisotopic (exact) mass is 172 g/mol. The van der Waals surface area contributed by atoms with Crippen molar-refractivity contribution in [3.63, 3.8) is 0 Å².